The molecule has 0 saturated carbocycles. The predicted octanol–water partition coefficient (Wildman–Crippen LogP) is 2.48. The first kappa shape index (κ1) is 15.1. The van der Waals surface area contributed by atoms with Gasteiger partial charge in [0.15, 0.2) is 0 Å². The molecular weight excluding hydrogens is 263 g/mol. The molecule has 0 bridgehead atoms. The maximum atomic E-state index is 6.18. The Morgan fingerprint density at radius 1 is 1.10 bits per heavy atom. The highest BCUT2D eigenvalue weighted by Crippen LogP contribution is 2.36. The van der Waals surface area contributed by atoms with Crippen LogP contribution in [0.3, 0.4) is 0 Å². The standard InChI is InChI=1S/C17H25BO3/c1-12-14(9-13-10-19-11-13)7-6-8-15(12)18-20-16(2,3)17(4,5)21-18/h6-8,13H,9-11H2,1-5H3. The van der Waals surface area contributed by atoms with E-state index in [-0.39, 0.29) is 18.3 Å². The first-order valence-corrected chi connectivity index (χ1v) is 7.82. The van der Waals surface area contributed by atoms with E-state index in [4.69, 9.17) is 14.0 Å². The van der Waals surface area contributed by atoms with E-state index in [1.165, 1.54) is 11.1 Å². The average Bonchev–Trinajstić information content (AvgIpc) is 2.54. The lowest BCUT2D eigenvalue weighted by Crippen LogP contribution is -2.41. The van der Waals surface area contributed by atoms with Crippen LogP contribution in [0.2, 0.25) is 0 Å². The van der Waals surface area contributed by atoms with Gasteiger partial charge in [-0.3, -0.25) is 0 Å². The van der Waals surface area contributed by atoms with Crippen LogP contribution in [0.25, 0.3) is 0 Å². The molecule has 2 saturated heterocycles. The predicted molar refractivity (Wildman–Crippen MR) is 84.9 cm³/mol. The van der Waals surface area contributed by atoms with Gasteiger partial charge >= 0.3 is 7.12 Å². The van der Waals surface area contributed by atoms with Gasteiger partial charge in [0.25, 0.3) is 0 Å². The van der Waals surface area contributed by atoms with Crippen molar-refractivity contribution in [2.45, 2.75) is 52.2 Å². The van der Waals surface area contributed by atoms with Crippen LogP contribution in [0.1, 0.15) is 38.8 Å². The molecule has 3 rings (SSSR count). The summed E-state index contributed by atoms with van der Waals surface area (Å²) in [5.41, 5.74) is 3.26. The molecule has 114 valence electrons. The molecule has 2 heterocycles. The highest BCUT2D eigenvalue weighted by Gasteiger charge is 2.52. The second-order valence-electron chi connectivity index (χ2n) is 7.33. The van der Waals surface area contributed by atoms with E-state index >= 15 is 0 Å². The second kappa shape index (κ2) is 5.11. The molecule has 1 aromatic rings. The first-order valence-electron chi connectivity index (χ1n) is 7.82. The minimum absolute atomic E-state index is 0.271. The number of ether oxygens (including phenoxy) is 1. The van der Waals surface area contributed by atoms with Crippen LogP contribution in [0.15, 0.2) is 18.2 Å². The fourth-order valence-electron chi connectivity index (χ4n) is 2.86. The monoisotopic (exact) mass is 288 g/mol. The topological polar surface area (TPSA) is 27.7 Å². The summed E-state index contributed by atoms with van der Waals surface area (Å²) < 4.78 is 17.7. The van der Waals surface area contributed by atoms with Gasteiger partial charge in [0.05, 0.1) is 24.4 Å². The van der Waals surface area contributed by atoms with E-state index in [0.717, 1.165) is 25.1 Å². The summed E-state index contributed by atoms with van der Waals surface area (Å²) in [5.74, 6) is 0.664. The van der Waals surface area contributed by atoms with Crippen molar-refractivity contribution in [3.63, 3.8) is 0 Å². The summed E-state index contributed by atoms with van der Waals surface area (Å²) in [5, 5.41) is 0. The van der Waals surface area contributed by atoms with Gasteiger partial charge in [-0.1, -0.05) is 18.2 Å². The van der Waals surface area contributed by atoms with Gasteiger partial charge in [-0.25, -0.2) is 0 Å². The van der Waals surface area contributed by atoms with Crippen LogP contribution in [0.5, 0.6) is 0 Å². The Hall–Kier alpha value is -0.835. The van der Waals surface area contributed by atoms with Crippen LogP contribution in [-0.2, 0) is 20.5 Å². The van der Waals surface area contributed by atoms with E-state index in [9.17, 15) is 0 Å². The van der Waals surface area contributed by atoms with Crippen LogP contribution >= 0.6 is 0 Å². The molecule has 2 aliphatic heterocycles. The van der Waals surface area contributed by atoms with Gasteiger partial charge in [-0.15, -0.1) is 0 Å². The van der Waals surface area contributed by atoms with Crippen molar-refractivity contribution in [3.05, 3.63) is 29.3 Å². The van der Waals surface area contributed by atoms with Crippen molar-refractivity contribution in [3.8, 4) is 0 Å². The normalized spacial score (nSPS) is 24.1. The molecule has 0 aliphatic carbocycles. The largest absolute Gasteiger partial charge is 0.495 e. The molecule has 3 nitrogen and oxygen atoms in total. The average molecular weight is 288 g/mol. The van der Waals surface area contributed by atoms with Gasteiger partial charge in [0.2, 0.25) is 0 Å². The van der Waals surface area contributed by atoms with Crippen molar-refractivity contribution >= 4 is 12.6 Å². The zero-order chi connectivity index (χ0) is 15.3. The minimum atomic E-state index is -0.290. The van der Waals surface area contributed by atoms with Gasteiger partial charge in [-0.05, 0) is 57.6 Å². The van der Waals surface area contributed by atoms with E-state index in [0.29, 0.717) is 5.92 Å². The second-order valence-corrected chi connectivity index (χ2v) is 7.33. The molecule has 21 heavy (non-hydrogen) atoms. The Balaban J connectivity index is 1.84. The van der Waals surface area contributed by atoms with Crippen LogP contribution in [-0.4, -0.2) is 31.5 Å². The summed E-state index contributed by atoms with van der Waals surface area (Å²) in [6, 6.07) is 6.45. The van der Waals surface area contributed by atoms with E-state index in [2.05, 4.69) is 52.8 Å². The molecule has 0 radical (unpaired) electrons. The Bertz CT molecular complexity index is 519. The van der Waals surface area contributed by atoms with Crippen molar-refractivity contribution < 1.29 is 14.0 Å². The maximum absolute atomic E-state index is 6.18. The lowest BCUT2D eigenvalue weighted by atomic mass is 9.74. The van der Waals surface area contributed by atoms with Crippen molar-refractivity contribution in [1.82, 2.24) is 0 Å². The summed E-state index contributed by atoms with van der Waals surface area (Å²) >= 11 is 0. The van der Waals surface area contributed by atoms with Gasteiger partial charge in [0.1, 0.15) is 0 Å². The summed E-state index contributed by atoms with van der Waals surface area (Å²) in [6.45, 7) is 12.3. The molecule has 0 N–H and O–H groups in total. The molecule has 4 heteroatoms. The van der Waals surface area contributed by atoms with E-state index in [1.54, 1.807) is 0 Å². The smallest absolute Gasteiger partial charge is 0.399 e. The summed E-state index contributed by atoms with van der Waals surface area (Å²) in [6.07, 6.45) is 1.08. The summed E-state index contributed by atoms with van der Waals surface area (Å²) in [4.78, 5) is 0. The van der Waals surface area contributed by atoms with E-state index in [1.807, 2.05) is 0 Å². The fourth-order valence-corrected chi connectivity index (χ4v) is 2.86. The van der Waals surface area contributed by atoms with Gasteiger partial charge < -0.3 is 14.0 Å². The third kappa shape index (κ3) is 2.65. The van der Waals surface area contributed by atoms with Gasteiger partial charge in [0, 0.05) is 5.92 Å². The SMILES string of the molecule is Cc1c(CC2COC2)cccc1B1OC(C)(C)C(C)(C)O1. The molecular formula is C17H25BO3. The third-order valence-electron chi connectivity index (χ3n) is 5.21. The van der Waals surface area contributed by atoms with Crippen LogP contribution in [0.4, 0.5) is 0 Å². The Kier molecular flexibility index (Phi) is 3.67. The first-order chi connectivity index (χ1) is 9.80. The lowest BCUT2D eigenvalue weighted by Gasteiger charge is -2.32. The molecule has 0 spiro atoms. The Labute approximate surface area is 128 Å². The quantitative estimate of drug-likeness (QED) is 0.800. The maximum Gasteiger partial charge on any atom is 0.495 e. The zero-order valence-corrected chi connectivity index (χ0v) is 13.7. The third-order valence-corrected chi connectivity index (χ3v) is 5.21. The summed E-state index contributed by atoms with van der Waals surface area (Å²) in [7, 11) is -0.271. The lowest BCUT2D eigenvalue weighted by molar-refractivity contribution is -0.0312. The molecule has 2 aliphatic rings. The molecule has 0 unspecified atom stereocenters. The molecule has 0 atom stereocenters. The van der Waals surface area contributed by atoms with Crippen molar-refractivity contribution in [2.75, 3.05) is 13.2 Å². The molecule has 0 aromatic heterocycles. The highest BCUT2D eigenvalue weighted by molar-refractivity contribution is 6.62. The molecule has 2 fully saturated rings. The minimum Gasteiger partial charge on any atom is -0.399 e. The zero-order valence-electron chi connectivity index (χ0n) is 13.7. The Morgan fingerprint density at radius 2 is 1.71 bits per heavy atom. The Morgan fingerprint density at radius 3 is 2.24 bits per heavy atom. The van der Waals surface area contributed by atoms with Crippen LogP contribution < -0.4 is 5.46 Å². The molecule has 1 aromatic carbocycles. The number of rotatable bonds is 3. The fraction of sp³-hybridized carbons (Fsp3) is 0.647. The van der Waals surface area contributed by atoms with Crippen molar-refractivity contribution in [2.24, 2.45) is 5.92 Å². The molecule has 0 amide bonds. The van der Waals surface area contributed by atoms with Crippen LogP contribution in [0, 0.1) is 12.8 Å². The van der Waals surface area contributed by atoms with Crippen molar-refractivity contribution in [1.29, 1.82) is 0 Å². The number of hydrogen-bond acceptors (Lipinski definition) is 3. The number of benzene rings is 1. The van der Waals surface area contributed by atoms with E-state index < -0.39 is 0 Å². The van der Waals surface area contributed by atoms with Gasteiger partial charge in [-0.2, -0.15) is 0 Å². The number of hydrogen-bond donors (Lipinski definition) is 0. The highest BCUT2D eigenvalue weighted by atomic mass is 16.7.